The zero-order valence-electron chi connectivity index (χ0n) is 19.5. The van der Waals surface area contributed by atoms with Gasteiger partial charge in [0.2, 0.25) is 0 Å². The molecule has 0 saturated carbocycles. The number of carbonyl (C=O) groups is 2. The van der Waals surface area contributed by atoms with E-state index in [0.717, 1.165) is 30.6 Å². The van der Waals surface area contributed by atoms with Gasteiger partial charge in [-0.1, -0.05) is 19.1 Å². The van der Waals surface area contributed by atoms with Gasteiger partial charge in [0.15, 0.2) is 5.78 Å². The van der Waals surface area contributed by atoms with E-state index in [-0.39, 0.29) is 17.2 Å². The zero-order chi connectivity index (χ0) is 25.1. The highest BCUT2D eigenvalue weighted by Crippen LogP contribution is 2.27. The highest BCUT2D eigenvalue weighted by Gasteiger charge is 2.22. The third-order valence-electron chi connectivity index (χ3n) is 5.23. The van der Waals surface area contributed by atoms with Crippen LogP contribution in [0.3, 0.4) is 0 Å². The van der Waals surface area contributed by atoms with Gasteiger partial charge in [-0.2, -0.15) is 0 Å². The largest absolute Gasteiger partial charge is 0.507 e. The molecule has 2 aromatic rings. The first-order valence-electron chi connectivity index (χ1n) is 11.2. The number of Topliss-reactive ketones (excluding diaryl/α,β-unsaturated/α-hetero) is 1. The number of allylic oxidation sites excluding steroid dienone is 3. The van der Waals surface area contributed by atoms with Crippen molar-refractivity contribution in [3.05, 3.63) is 80.2 Å². The van der Waals surface area contributed by atoms with Crippen molar-refractivity contribution in [2.24, 2.45) is 0 Å². The van der Waals surface area contributed by atoms with Crippen molar-refractivity contribution in [1.82, 2.24) is 5.32 Å². The summed E-state index contributed by atoms with van der Waals surface area (Å²) in [6.07, 6.45) is 10.7. The van der Waals surface area contributed by atoms with E-state index in [2.05, 4.69) is 11.9 Å². The molecule has 0 aliphatic rings. The Morgan fingerprint density at radius 1 is 1.26 bits per heavy atom. The molecular formula is C26H31NO6S. The highest BCUT2D eigenvalue weighted by atomic mass is 32.1. The lowest BCUT2D eigenvalue weighted by Crippen LogP contribution is -2.16. The number of nitrogens with one attached hydrogen (secondary N) is 1. The Morgan fingerprint density at radius 3 is 2.71 bits per heavy atom. The van der Waals surface area contributed by atoms with Gasteiger partial charge in [-0.3, -0.25) is 10.1 Å². The smallest absolute Gasteiger partial charge is 0.408 e. The average Bonchev–Trinajstić information content (AvgIpc) is 3.22. The first-order valence-corrected chi connectivity index (χ1v) is 12.0. The summed E-state index contributed by atoms with van der Waals surface area (Å²) in [5.41, 5.74) is -0.923. The molecule has 0 spiro atoms. The summed E-state index contributed by atoms with van der Waals surface area (Å²) in [4.78, 5) is 37.9. The van der Waals surface area contributed by atoms with Crippen molar-refractivity contribution in [1.29, 1.82) is 0 Å². The minimum Gasteiger partial charge on any atom is -0.507 e. The zero-order valence-corrected chi connectivity index (χ0v) is 20.3. The second-order valence-electron chi connectivity index (χ2n) is 8.02. The Balaban J connectivity index is 2.07. The molecule has 0 saturated heterocycles. The number of thiophene rings is 1. The van der Waals surface area contributed by atoms with Crippen LogP contribution in [0.1, 0.15) is 77.7 Å². The molecule has 182 valence electrons. The first-order chi connectivity index (χ1) is 16.2. The summed E-state index contributed by atoms with van der Waals surface area (Å²) in [6.45, 7) is 7.15. The molecule has 2 aromatic heterocycles. The lowest BCUT2D eigenvalue weighted by Gasteiger charge is -2.11. The standard InChI is InChI=1S/C26H31NO6S/c1-4-5-6-7-11-19-12-13-20(34-19)15-18(3)24(29)23-21(28)16-22(33-25(23)30)17(2)10-8-9-14-27-26(31)32/h4,9,12-17,27-28H,1,5-8,10-11H2,2-3H3,(H,31,32)/b14-9?,18-15+. The first kappa shape index (κ1) is 26.9. The Kier molecular flexibility index (Phi) is 10.5. The molecule has 0 fully saturated rings. The van der Waals surface area contributed by atoms with E-state index in [0.29, 0.717) is 18.4 Å². The van der Waals surface area contributed by atoms with Crippen LogP contribution in [-0.2, 0) is 6.42 Å². The van der Waals surface area contributed by atoms with Crippen molar-refractivity contribution in [2.45, 2.75) is 58.3 Å². The van der Waals surface area contributed by atoms with E-state index in [1.54, 1.807) is 30.4 Å². The Bertz CT molecular complexity index is 1120. The summed E-state index contributed by atoms with van der Waals surface area (Å²) in [5.74, 6) is -0.938. The molecule has 0 aromatic carbocycles. The molecule has 0 bridgehead atoms. The molecular weight excluding hydrogens is 454 g/mol. The van der Waals surface area contributed by atoms with E-state index in [9.17, 15) is 19.5 Å². The average molecular weight is 486 g/mol. The molecule has 1 atom stereocenters. The topological polar surface area (TPSA) is 117 Å². The lowest BCUT2D eigenvalue weighted by atomic mass is 10.00. The van der Waals surface area contributed by atoms with Crippen LogP contribution >= 0.6 is 11.3 Å². The Hall–Kier alpha value is -3.39. The van der Waals surface area contributed by atoms with Crippen LogP contribution in [0.15, 0.2) is 57.9 Å². The number of carbonyl (C=O) groups excluding carboxylic acids is 1. The number of carboxylic acid groups (broad SMARTS) is 1. The molecule has 0 aliphatic carbocycles. The van der Waals surface area contributed by atoms with Gasteiger partial charge in [-0.05, 0) is 69.2 Å². The van der Waals surface area contributed by atoms with Gasteiger partial charge in [-0.15, -0.1) is 17.9 Å². The Morgan fingerprint density at radius 2 is 2.03 bits per heavy atom. The normalized spacial score (nSPS) is 12.6. The maximum Gasteiger partial charge on any atom is 0.408 e. The molecule has 8 heteroatoms. The minimum absolute atomic E-state index is 0.218. The fourth-order valence-corrected chi connectivity index (χ4v) is 4.38. The van der Waals surface area contributed by atoms with Gasteiger partial charge in [-0.25, -0.2) is 9.59 Å². The summed E-state index contributed by atoms with van der Waals surface area (Å²) in [5, 5.41) is 21.1. The number of ketones is 1. The summed E-state index contributed by atoms with van der Waals surface area (Å²) in [7, 11) is 0. The quantitative estimate of drug-likeness (QED) is 0.133. The molecule has 2 rings (SSSR count). The van der Waals surface area contributed by atoms with Crippen molar-refractivity contribution < 1.29 is 24.2 Å². The van der Waals surface area contributed by atoms with E-state index in [4.69, 9.17) is 9.52 Å². The van der Waals surface area contributed by atoms with Crippen molar-refractivity contribution in [3.63, 3.8) is 0 Å². The second kappa shape index (κ2) is 13.3. The van der Waals surface area contributed by atoms with Gasteiger partial charge in [0, 0.05) is 27.9 Å². The molecule has 3 N–H and O–H groups in total. The third-order valence-corrected chi connectivity index (χ3v) is 6.33. The van der Waals surface area contributed by atoms with Crippen LogP contribution in [-0.4, -0.2) is 22.1 Å². The predicted octanol–water partition coefficient (Wildman–Crippen LogP) is 6.26. The molecule has 2 heterocycles. The van der Waals surface area contributed by atoms with Gasteiger partial charge in [0.05, 0.1) is 0 Å². The van der Waals surface area contributed by atoms with E-state index in [1.165, 1.54) is 17.1 Å². The van der Waals surface area contributed by atoms with Gasteiger partial charge < -0.3 is 14.6 Å². The van der Waals surface area contributed by atoms with Crippen LogP contribution in [0.4, 0.5) is 4.79 Å². The van der Waals surface area contributed by atoms with Crippen molar-refractivity contribution >= 4 is 29.3 Å². The van der Waals surface area contributed by atoms with Crippen LogP contribution in [0, 0.1) is 0 Å². The fraction of sp³-hybridized carbons (Fsp3) is 0.346. The van der Waals surface area contributed by atoms with E-state index in [1.807, 2.05) is 25.1 Å². The van der Waals surface area contributed by atoms with E-state index >= 15 is 0 Å². The van der Waals surface area contributed by atoms with Crippen molar-refractivity contribution in [2.75, 3.05) is 0 Å². The van der Waals surface area contributed by atoms with E-state index < -0.39 is 23.3 Å². The monoisotopic (exact) mass is 485 g/mol. The number of hydrogen-bond acceptors (Lipinski definition) is 6. The fourth-order valence-electron chi connectivity index (χ4n) is 3.32. The maximum atomic E-state index is 12.9. The molecule has 1 amide bonds. The molecule has 0 radical (unpaired) electrons. The molecule has 0 aliphatic heterocycles. The molecule has 1 unspecified atom stereocenters. The summed E-state index contributed by atoms with van der Waals surface area (Å²) >= 11 is 1.60. The lowest BCUT2D eigenvalue weighted by molar-refractivity contribution is 0.102. The highest BCUT2D eigenvalue weighted by molar-refractivity contribution is 7.12. The SMILES string of the molecule is C=CCCCCc1ccc(/C=C(\C)C(=O)c2c(O)cc(C(C)CCC=CNC(=O)O)oc2=O)s1. The van der Waals surface area contributed by atoms with Gasteiger partial charge in [0.25, 0.3) is 0 Å². The van der Waals surface area contributed by atoms with Crippen LogP contribution in [0.5, 0.6) is 5.75 Å². The number of aryl methyl sites for hydroxylation is 1. The van der Waals surface area contributed by atoms with Crippen LogP contribution in [0.25, 0.3) is 6.08 Å². The van der Waals surface area contributed by atoms with Crippen LogP contribution < -0.4 is 10.9 Å². The number of amides is 1. The van der Waals surface area contributed by atoms with Crippen LogP contribution in [0.2, 0.25) is 0 Å². The second-order valence-corrected chi connectivity index (χ2v) is 9.22. The van der Waals surface area contributed by atoms with Crippen molar-refractivity contribution in [3.8, 4) is 5.75 Å². The number of rotatable bonds is 13. The molecule has 7 nitrogen and oxygen atoms in total. The summed E-state index contributed by atoms with van der Waals surface area (Å²) in [6, 6.07) is 5.28. The third kappa shape index (κ3) is 8.19. The number of aromatic hydroxyl groups is 1. The number of unbranched alkanes of at least 4 members (excludes halogenated alkanes) is 2. The summed E-state index contributed by atoms with van der Waals surface area (Å²) < 4.78 is 5.33. The van der Waals surface area contributed by atoms with Gasteiger partial charge >= 0.3 is 11.7 Å². The number of hydrogen-bond donors (Lipinski definition) is 3. The molecule has 34 heavy (non-hydrogen) atoms. The minimum atomic E-state index is -1.15. The van der Waals surface area contributed by atoms with Gasteiger partial charge in [0.1, 0.15) is 17.1 Å². The predicted molar refractivity (Wildman–Crippen MR) is 135 cm³/mol. The Labute approximate surface area is 203 Å². The maximum absolute atomic E-state index is 12.9.